The molecule has 0 aliphatic heterocycles. The standard InChI is InChI=1S/C13H20N2O2/c1-10-5-6-11(8-12(10)17-2)9-15-13(16)4-3-7-14/h5-6,8H,3-4,7,9,14H2,1-2H3,(H,15,16). The average molecular weight is 236 g/mol. The summed E-state index contributed by atoms with van der Waals surface area (Å²) >= 11 is 0. The molecule has 0 aliphatic carbocycles. The van der Waals surface area contributed by atoms with Crippen molar-refractivity contribution in [3.8, 4) is 5.75 Å². The monoisotopic (exact) mass is 236 g/mol. The SMILES string of the molecule is COc1cc(CNC(=O)CCCN)ccc1C. The summed E-state index contributed by atoms with van der Waals surface area (Å²) in [4.78, 5) is 11.4. The van der Waals surface area contributed by atoms with Crippen molar-refractivity contribution in [2.45, 2.75) is 26.3 Å². The van der Waals surface area contributed by atoms with E-state index in [1.54, 1.807) is 7.11 Å². The lowest BCUT2D eigenvalue weighted by Crippen LogP contribution is -2.23. The first-order valence-electron chi connectivity index (χ1n) is 5.77. The predicted octanol–water partition coefficient (Wildman–Crippen LogP) is 1.36. The van der Waals surface area contributed by atoms with E-state index in [-0.39, 0.29) is 5.91 Å². The Bertz CT molecular complexity index is 378. The Balaban J connectivity index is 2.49. The Kier molecular flexibility index (Phi) is 5.49. The zero-order valence-electron chi connectivity index (χ0n) is 10.5. The van der Waals surface area contributed by atoms with E-state index >= 15 is 0 Å². The second-order valence-electron chi connectivity index (χ2n) is 3.97. The number of benzene rings is 1. The highest BCUT2D eigenvalue weighted by atomic mass is 16.5. The number of nitrogens with two attached hydrogens (primary N) is 1. The van der Waals surface area contributed by atoms with Crippen LogP contribution < -0.4 is 15.8 Å². The third kappa shape index (κ3) is 4.44. The van der Waals surface area contributed by atoms with Crippen LogP contribution in [-0.4, -0.2) is 19.6 Å². The summed E-state index contributed by atoms with van der Waals surface area (Å²) in [6.45, 7) is 3.06. The number of ether oxygens (including phenoxy) is 1. The number of rotatable bonds is 6. The van der Waals surface area contributed by atoms with Crippen molar-refractivity contribution in [2.75, 3.05) is 13.7 Å². The number of hydrogen-bond acceptors (Lipinski definition) is 3. The fourth-order valence-electron chi connectivity index (χ4n) is 1.53. The van der Waals surface area contributed by atoms with E-state index in [4.69, 9.17) is 10.5 Å². The zero-order valence-corrected chi connectivity index (χ0v) is 10.5. The maximum atomic E-state index is 11.4. The van der Waals surface area contributed by atoms with Crippen LogP contribution in [-0.2, 0) is 11.3 Å². The second kappa shape index (κ2) is 6.91. The van der Waals surface area contributed by atoms with Gasteiger partial charge in [0.15, 0.2) is 0 Å². The van der Waals surface area contributed by atoms with Gasteiger partial charge in [-0.05, 0) is 37.1 Å². The number of carbonyl (C=O) groups excluding carboxylic acids is 1. The minimum Gasteiger partial charge on any atom is -0.496 e. The molecular formula is C13H20N2O2. The first-order valence-corrected chi connectivity index (χ1v) is 5.77. The normalized spacial score (nSPS) is 10.1. The molecule has 0 fully saturated rings. The van der Waals surface area contributed by atoms with Gasteiger partial charge in [-0.3, -0.25) is 4.79 Å². The number of amides is 1. The van der Waals surface area contributed by atoms with Crippen molar-refractivity contribution in [1.29, 1.82) is 0 Å². The topological polar surface area (TPSA) is 64.3 Å². The van der Waals surface area contributed by atoms with Gasteiger partial charge in [-0.1, -0.05) is 12.1 Å². The second-order valence-corrected chi connectivity index (χ2v) is 3.97. The molecule has 1 aromatic rings. The smallest absolute Gasteiger partial charge is 0.220 e. The van der Waals surface area contributed by atoms with Crippen molar-refractivity contribution in [2.24, 2.45) is 5.73 Å². The summed E-state index contributed by atoms with van der Waals surface area (Å²) in [5.74, 6) is 0.883. The molecule has 0 bridgehead atoms. The van der Waals surface area contributed by atoms with Crippen LogP contribution in [0.1, 0.15) is 24.0 Å². The molecule has 4 nitrogen and oxygen atoms in total. The van der Waals surface area contributed by atoms with Crippen molar-refractivity contribution < 1.29 is 9.53 Å². The summed E-state index contributed by atoms with van der Waals surface area (Å²) in [7, 11) is 1.64. The molecule has 3 N–H and O–H groups in total. The quantitative estimate of drug-likeness (QED) is 0.783. The van der Waals surface area contributed by atoms with Crippen LogP contribution in [0, 0.1) is 6.92 Å². The van der Waals surface area contributed by atoms with Gasteiger partial charge in [0.25, 0.3) is 0 Å². The van der Waals surface area contributed by atoms with Crippen LogP contribution in [0.4, 0.5) is 0 Å². The molecule has 0 saturated carbocycles. The third-order valence-electron chi connectivity index (χ3n) is 2.57. The third-order valence-corrected chi connectivity index (χ3v) is 2.57. The van der Waals surface area contributed by atoms with Crippen molar-refractivity contribution in [3.05, 3.63) is 29.3 Å². The lowest BCUT2D eigenvalue weighted by atomic mass is 10.1. The van der Waals surface area contributed by atoms with Gasteiger partial charge in [-0.15, -0.1) is 0 Å². The Hall–Kier alpha value is -1.55. The minimum atomic E-state index is 0.0370. The highest BCUT2D eigenvalue weighted by Crippen LogP contribution is 2.18. The molecule has 0 aliphatic rings. The highest BCUT2D eigenvalue weighted by molar-refractivity contribution is 5.75. The molecule has 1 amide bonds. The van der Waals surface area contributed by atoms with Crippen molar-refractivity contribution >= 4 is 5.91 Å². The number of hydrogen-bond donors (Lipinski definition) is 2. The van der Waals surface area contributed by atoms with E-state index in [9.17, 15) is 4.79 Å². The molecule has 0 aromatic heterocycles. The maximum absolute atomic E-state index is 11.4. The lowest BCUT2D eigenvalue weighted by molar-refractivity contribution is -0.121. The number of methoxy groups -OCH3 is 1. The average Bonchev–Trinajstić information content (AvgIpc) is 2.35. The van der Waals surface area contributed by atoms with Crippen LogP contribution in [0.15, 0.2) is 18.2 Å². The van der Waals surface area contributed by atoms with Crippen molar-refractivity contribution in [3.63, 3.8) is 0 Å². The first kappa shape index (κ1) is 13.5. The van der Waals surface area contributed by atoms with Gasteiger partial charge in [0.1, 0.15) is 5.75 Å². The van der Waals surface area contributed by atoms with Crippen LogP contribution in [0.2, 0.25) is 0 Å². The number of nitrogens with one attached hydrogen (secondary N) is 1. The summed E-state index contributed by atoms with van der Waals surface area (Å²) in [6.07, 6.45) is 1.21. The van der Waals surface area contributed by atoms with Gasteiger partial charge in [-0.25, -0.2) is 0 Å². The molecule has 0 atom stereocenters. The minimum absolute atomic E-state index is 0.0370. The summed E-state index contributed by atoms with van der Waals surface area (Å²) < 4.78 is 5.23. The van der Waals surface area contributed by atoms with Crippen LogP contribution in [0.5, 0.6) is 5.75 Å². The molecule has 1 rings (SSSR count). The summed E-state index contributed by atoms with van der Waals surface area (Å²) in [6, 6.07) is 5.92. The van der Waals surface area contributed by atoms with Crippen molar-refractivity contribution in [1.82, 2.24) is 5.32 Å². The van der Waals surface area contributed by atoms with Gasteiger partial charge >= 0.3 is 0 Å². The molecule has 1 aromatic carbocycles. The molecular weight excluding hydrogens is 216 g/mol. The maximum Gasteiger partial charge on any atom is 0.220 e. The fourth-order valence-corrected chi connectivity index (χ4v) is 1.53. The largest absolute Gasteiger partial charge is 0.496 e. The molecule has 0 saturated heterocycles. The molecule has 0 unspecified atom stereocenters. The van der Waals surface area contributed by atoms with Gasteiger partial charge in [0.05, 0.1) is 7.11 Å². The first-order chi connectivity index (χ1) is 8.17. The number of carbonyl (C=O) groups is 1. The summed E-state index contributed by atoms with van der Waals surface area (Å²) in [5, 5.41) is 2.85. The lowest BCUT2D eigenvalue weighted by Gasteiger charge is -2.08. The van der Waals surface area contributed by atoms with Gasteiger partial charge in [-0.2, -0.15) is 0 Å². The fraction of sp³-hybridized carbons (Fsp3) is 0.462. The van der Waals surface area contributed by atoms with Crippen LogP contribution in [0.25, 0.3) is 0 Å². The Labute approximate surface area is 102 Å². The van der Waals surface area contributed by atoms with Gasteiger partial charge in [0.2, 0.25) is 5.91 Å². The highest BCUT2D eigenvalue weighted by Gasteiger charge is 2.03. The Morgan fingerprint density at radius 2 is 2.24 bits per heavy atom. The number of aryl methyl sites for hydroxylation is 1. The molecule has 0 heterocycles. The molecule has 17 heavy (non-hydrogen) atoms. The molecule has 94 valence electrons. The predicted molar refractivity (Wildman–Crippen MR) is 67.9 cm³/mol. The van der Waals surface area contributed by atoms with E-state index in [1.165, 1.54) is 0 Å². The Morgan fingerprint density at radius 1 is 1.47 bits per heavy atom. The van der Waals surface area contributed by atoms with E-state index in [0.717, 1.165) is 23.3 Å². The van der Waals surface area contributed by atoms with E-state index < -0.39 is 0 Å². The van der Waals surface area contributed by atoms with Crippen LogP contribution >= 0.6 is 0 Å². The van der Waals surface area contributed by atoms with E-state index in [0.29, 0.717) is 19.5 Å². The molecule has 0 radical (unpaired) electrons. The van der Waals surface area contributed by atoms with Gasteiger partial charge in [0, 0.05) is 13.0 Å². The van der Waals surface area contributed by atoms with E-state index in [1.807, 2.05) is 25.1 Å². The molecule has 0 spiro atoms. The van der Waals surface area contributed by atoms with E-state index in [2.05, 4.69) is 5.32 Å². The zero-order chi connectivity index (χ0) is 12.7. The summed E-state index contributed by atoms with van der Waals surface area (Å²) in [5.41, 5.74) is 7.47. The van der Waals surface area contributed by atoms with Crippen LogP contribution in [0.3, 0.4) is 0 Å². The van der Waals surface area contributed by atoms with Gasteiger partial charge < -0.3 is 15.8 Å². The Morgan fingerprint density at radius 3 is 2.88 bits per heavy atom. The molecule has 4 heteroatoms.